The highest BCUT2D eigenvalue weighted by atomic mass is 19.4. The van der Waals surface area contributed by atoms with Crippen LogP contribution in [0.5, 0.6) is 0 Å². The number of carbonyl (C=O) groups is 2. The van der Waals surface area contributed by atoms with Crippen LogP contribution in [0.1, 0.15) is 22.7 Å². The van der Waals surface area contributed by atoms with E-state index in [0.717, 1.165) is 23.3 Å². The Bertz CT molecular complexity index is 1230. The Morgan fingerprint density at radius 3 is 2.15 bits per heavy atom. The van der Waals surface area contributed by atoms with Crippen molar-refractivity contribution in [3.05, 3.63) is 95.6 Å². The highest BCUT2D eigenvalue weighted by Gasteiger charge is 2.61. The number of hydrogen-bond acceptors (Lipinski definition) is 4. The van der Waals surface area contributed by atoms with Gasteiger partial charge in [0.15, 0.2) is 6.10 Å². The highest BCUT2D eigenvalue weighted by Crippen LogP contribution is 2.49. The zero-order chi connectivity index (χ0) is 23.3. The third-order valence-corrected chi connectivity index (χ3v) is 6.08. The van der Waals surface area contributed by atoms with E-state index in [-0.39, 0.29) is 0 Å². The Labute approximate surface area is 187 Å². The number of carbonyl (C=O) groups excluding carboxylic acids is 2. The molecule has 2 fully saturated rings. The van der Waals surface area contributed by atoms with Crippen LogP contribution in [0, 0.1) is 12.8 Å². The van der Waals surface area contributed by atoms with E-state index in [4.69, 9.17) is 4.84 Å². The van der Waals surface area contributed by atoms with Crippen LogP contribution in [0.3, 0.4) is 0 Å². The monoisotopic (exact) mass is 452 g/mol. The smallest absolute Gasteiger partial charge is 0.273 e. The molecule has 0 aromatic heterocycles. The van der Waals surface area contributed by atoms with Crippen molar-refractivity contribution in [2.75, 3.05) is 9.96 Å². The van der Waals surface area contributed by atoms with Crippen molar-refractivity contribution in [1.82, 2.24) is 0 Å². The van der Waals surface area contributed by atoms with Gasteiger partial charge in [-0.2, -0.15) is 13.2 Å². The van der Waals surface area contributed by atoms with Crippen LogP contribution in [0.2, 0.25) is 0 Å². The average molecular weight is 452 g/mol. The molecule has 33 heavy (non-hydrogen) atoms. The molecule has 168 valence electrons. The first kappa shape index (κ1) is 21.2. The number of rotatable bonds is 3. The van der Waals surface area contributed by atoms with Crippen LogP contribution < -0.4 is 9.96 Å². The fraction of sp³-hybridized carbons (Fsp3) is 0.200. The molecule has 0 radical (unpaired) electrons. The first-order valence-corrected chi connectivity index (χ1v) is 10.4. The number of aryl methyl sites for hydroxylation is 1. The van der Waals surface area contributed by atoms with Gasteiger partial charge in [0.25, 0.3) is 5.91 Å². The summed E-state index contributed by atoms with van der Waals surface area (Å²) in [6.45, 7) is 1.88. The lowest BCUT2D eigenvalue weighted by Crippen LogP contribution is -2.38. The summed E-state index contributed by atoms with van der Waals surface area (Å²) in [6, 6.07) is 20.3. The number of para-hydroxylation sites is 2. The lowest BCUT2D eigenvalue weighted by atomic mass is 9.88. The summed E-state index contributed by atoms with van der Waals surface area (Å²) in [5.41, 5.74) is 0.762. The molecular weight excluding hydrogens is 433 g/mol. The topological polar surface area (TPSA) is 49.9 Å². The normalized spacial score (nSPS) is 22.7. The molecule has 5 rings (SSSR count). The van der Waals surface area contributed by atoms with E-state index < -0.39 is 47.3 Å². The number of amides is 2. The number of benzene rings is 3. The van der Waals surface area contributed by atoms with Crippen LogP contribution in [0.15, 0.2) is 78.9 Å². The molecule has 3 atom stereocenters. The molecule has 0 aliphatic carbocycles. The van der Waals surface area contributed by atoms with E-state index in [1.54, 1.807) is 24.3 Å². The lowest BCUT2D eigenvalue weighted by Gasteiger charge is -2.30. The summed E-state index contributed by atoms with van der Waals surface area (Å²) in [4.78, 5) is 33.5. The molecule has 0 saturated carbocycles. The maximum atomic E-state index is 13.6. The van der Waals surface area contributed by atoms with E-state index in [0.29, 0.717) is 10.6 Å². The Morgan fingerprint density at radius 1 is 0.818 bits per heavy atom. The van der Waals surface area contributed by atoms with Gasteiger partial charge in [0, 0.05) is 0 Å². The Kier molecular flexibility index (Phi) is 4.97. The van der Waals surface area contributed by atoms with E-state index in [1.165, 1.54) is 17.2 Å². The van der Waals surface area contributed by atoms with E-state index in [1.807, 2.05) is 37.3 Å². The van der Waals surface area contributed by atoms with Gasteiger partial charge in [0.1, 0.15) is 5.92 Å². The van der Waals surface area contributed by atoms with Crippen LogP contribution in [0.25, 0.3) is 0 Å². The van der Waals surface area contributed by atoms with Gasteiger partial charge in [0.2, 0.25) is 5.91 Å². The van der Waals surface area contributed by atoms with Crippen molar-refractivity contribution < 1.29 is 27.6 Å². The molecule has 2 heterocycles. The van der Waals surface area contributed by atoms with Crippen molar-refractivity contribution >= 4 is 23.2 Å². The quantitative estimate of drug-likeness (QED) is 0.521. The van der Waals surface area contributed by atoms with E-state index in [9.17, 15) is 22.8 Å². The minimum atomic E-state index is -4.72. The zero-order valence-corrected chi connectivity index (χ0v) is 17.5. The molecule has 5 nitrogen and oxygen atoms in total. The van der Waals surface area contributed by atoms with Crippen LogP contribution >= 0.6 is 0 Å². The molecule has 3 aromatic carbocycles. The first-order valence-electron chi connectivity index (χ1n) is 10.4. The van der Waals surface area contributed by atoms with Gasteiger partial charge < -0.3 is 0 Å². The number of anilines is 2. The van der Waals surface area contributed by atoms with Crippen molar-refractivity contribution in [3.8, 4) is 0 Å². The molecule has 2 aliphatic rings. The number of nitrogens with zero attached hydrogens (tertiary/aromatic N) is 2. The molecule has 2 aliphatic heterocycles. The average Bonchev–Trinajstić information content (AvgIpc) is 3.30. The Balaban J connectivity index is 1.62. The summed E-state index contributed by atoms with van der Waals surface area (Å²) in [7, 11) is 0. The predicted octanol–water partition coefficient (Wildman–Crippen LogP) is 5.06. The number of imide groups is 1. The van der Waals surface area contributed by atoms with Gasteiger partial charge >= 0.3 is 6.18 Å². The molecule has 2 saturated heterocycles. The molecule has 0 spiro atoms. The van der Waals surface area contributed by atoms with Gasteiger partial charge in [-0.3, -0.25) is 14.4 Å². The predicted molar refractivity (Wildman–Crippen MR) is 115 cm³/mol. The minimum absolute atomic E-state index is 0.479. The molecule has 8 heteroatoms. The van der Waals surface area contributed by atoms with Crippen LogP contribution in [-0.2, 0) is 20.6 Å². The van der Waals surface area contributed by atoms with E-state index in [2.05, 4.69) is 0 Å². The van der Waals surface area contributed by atoms with E-state index >= 15 is 0 Å². The third kappa shape index (κ3) is 3.38. The number of hydrogen-bond donors (Lipinski definition) is 0. The van der Waals surface area contributed by atoms with Crippen molar-refractivity contribution in [1.29, 1.82) is 0 Å². The fourth-order valence-corrected chi connectivity index (χ4v) is 4.59. The Hall–Kier alpha value is -3.65. The summed E-state index contributed by atoms with van der Waals surface area (Å²) in [5, 5.41) is 1.53. The maximum Gasteiger partial charge on any atom is 0.418 e. The zero-order valence-electron chi connectivity index (χ0n) is 17.5. The van der Waals surface area contributed by atoms with Crippen molar-refractivity contribution in [3.63, 3.8) is 0 Å². The second kappa shape index (κ2) is 7.74. The third-order valence-electron chi connectivity index (χ3n) is 6.08. The highest BCUT2D eigenvalue weighted by molar-refractivity contribution is 6.24. The van der Waals surface area contributed by atoms with Gasteiger partial charge in [-0.1, -0.05) is 54.6 Å². The van der Waals surface area contributed by atoms with Crippen molar-refractivity contribution in [2.45, 2.75) is 25.2 Å². The molecule has 0 unspecified atom stereocenters. The number of halogens is 3. The van der Waals surface area contributed by atoms with Gasteiger partial charge in [-0.05, 0) is 42.3 Å². The van der Waals surface area contributed by atoms with Gasteiger partial charge in [-0.15, -0.1) is 0 Å². The van der Waals surface area contributed by atoms with Crippen molar-refractivity contribution in [2.24, 2.45) is 5.92 Å². The van der Waals surface area contributed by atoms with Gasteiger partial charge in [-0.25, -0.2) is 9.96 Å². The molecule has 3 aromatic rings. The maximum absolute atomic E-state index is 13.6. The first-order chi connectivity index (χ1) is 15.8. The van der Waals surface area contributed by atoms with Crippen LogP contribution in [-0.4, -0.2) is 17.9 Å². The molecule has 2 amide bonds. The SMILES string of the molecule is Cc1ccccc1[C@H]1[C@H]2C(=O)N(c3ccccc3C(F)(F)F)C(=O)[C@H]2ON1c1ccccc1. The molecular formula is C25H19F3N2O3. The minimum Gasteiger partial charge on any atom is -0.273 e. The summed E-state index contributed by atoms with van der Waals surface area (Å²) in [6.07, 6.45) is -5.95. The molecule has 0 bridgehead atoms. The second-order valence-electron chi connectivity index (χ2n) is 8.04. The summed E-state index contributed by atoms with van der Waals surface area (Å²) in [5.74, 6) is -2.52. The number of alkyl halides is 3. The lowest BCUT2D eigenvalue weighted by molar-refractivity contribution is -0.137. The molecule has 0 N–H and O–H groups in total. The fourth-order valence-electron chi connectivity index (χ4n) is 4.59. The van der Waals surface area contributed by atoms with Gasteiger partial charge in [0.05, 0.1) is 23.0 Å². The summed E-state index contributed by atoms with van der Waals surface area (Å²) >= 11 is 0. The standard InChI is InChI=1S/C25H19F3N2O3/c1-15-9-5-6-12-17(15)21-20-22(33-30(21)16-10-3-2-4-11-16)24(32)29(23(20)31)19-14-8-7-13-18(19)25(26,27)28/h2-14,20-22H,1H3/t20-,21+,22+/m1/s1. The second-order valence-corrected chi connectivity index (χ2v) is 8.04. The Morgan fingerprint density at radius 2 is 1.45 bits per heavy atom. The number of fused-ring (bicyclic) bond motifs is 1. The summed E-state index contributed by atoms with van der Waals surface area (Å²) < 4.78 is 40.9. The largest absolute Gasteiger partial charge is 0.418 e. The van der Waals surface area contributed by atoms with Crippen LogP contribution in [0.4, 0.5) is 24.5 Å². The number of hydroxylamine groups is 1.